The topological polar surface area (TPSA) is 108 Å². The van der Waals surface area contributed by atoms with E-state index < -0.39 is 18.5 Å². The predicted octanol–water partition coefficient (Wildman–Crippen LogP) is 2.57. The average Bonchev–Trinajstić information content (AvgIpc) is 3.17. The van der Waals surface area contributed by atoms with Gasteiger partial charge in [0.25, 0.3) is 5.91 Å². The number of carbonyl (C=O) groups excluding carboxylic acids is 2. The van der Waals surface area contributed by atoms with Gasteiger partial charge < -0.3 is 14.8 Å². The third-order valence-corrected chi connectivity index (χ3v) is 3.89. The van der Waals surface area contributed by atoms with Crippen molar-refractivity contribution in [2.45, 2.75) is 13.5 Å². The number of anilines is 1. The van der Waals surface area contributed by atoms with Gasteiger partial charge in [-0.05, 0) is 60.7 Å². The molecule has 1 aromatic heterocycles. The van der Waals surface area contributed by atoms with Crippen LogP contribution in [0.5, 0.6) is 5.75 Å². The molecule has 0 aliphatic rings. The Morgan fingerprint density at radius 2 is 1.83 bits per heavy atom. The quantitative estimate of drug-likeness (QED) is 0.563. The normalized spacial score (nSPS) is 10.4. The molecule has 3 aromatic rings. The fourth-order valence-corrected chi connectivity index (χ4v) is 2.46. The van der Waals surface area contributed by atoms with E-state index in [1.807, 2.05) is 6.92 Å². The lowest BCUT2D eigenvalue weighted by Crippen LogP contribution is -2.23. The van der Waals surface area contributed by atoms with Crippen LogP contribution < -0.4 is 10.1 Å². The largest absolute Gasteiger partial charge is 0.494 e. The first-order valence-electron chi connectivity index (χ1n) is 8.75. The zero-order valence-electron chi connectivity index (χ0n) is 15.5. The molecular weight excluding hydrogens is 398 g/mol. The second-order valence-electron chi connectivity index (χ2n) is 5.82. The number of tetrazole rings is 1. The molecule has 3 rings (SSSR count). The summed E-state index contributed by atoms with van der Waals surface area (Å²) in [5.41, 5.74) is 1.28. The van der Waals surface area contributed by atoms with Gasteiger partial charge in [0.2, 0.25) is 5.82 Å². The maximum atomic E-state index is 11.9. The molecular formula is C19H18ClN5O4. The van der Waals surface area contributed by atoms with E-state index in [2.05, 4.69) is 20.7 Å². The highest BCUT2D eigenvalue weighted by Gasteiger charge is 2.12. The smallest absolute Gasteiger partial charge is 0.330 e. The van der Waals surface area contributed by atoms with Crippen molar-refractivity contribution in [3.05, 3.63) is 53.6 Å². The number of amides is 1. The van der Waals surface area contributed by atoms with Crippen LogP contribution in [0.3, 0.4) is 0 Å². The van der Waals surface area contributed by atoms with Crippen molar-refractivity contribution in [3.63, 3.8) is 0 Å². The number of nitrogens with zero attached hydrogens (tertiary/aromatic N) is 4. The Balaban J connectivity index is 1.46. The average molecular weight is 416 g/mol. The Kier molecular flexibility index (Phi) is 6.75. The summed E-state index contributed by atoms with van der Waals surface area (Å²) in [4.78, 5) is 24.9. The number of nitrogens with one attached hydrogen (secondary N) is 1. The van der Waals surface area contributed by atoms with Gasteiger partial charge >= 0.3 is 5.97 Å². The number of hydrogen-bond donors (Lipinski definition) is 1. The first-order chi connectivity index (χ1) is 14.0. The van der Waals surface area contributed by atoms with Crippen molar-refractivity contribution < 1.29 is 19.1 Å². The lowest BCUT2D eigenvalue weighted by molar-refractivity contribution is -0.148. The standard InChI is InChI=1S/C19H18ClN5O4/c1-2-28-16-9-7-15(8-10-16)21-17(26)12-29-18(27)11-25-23-19(22-24-25)13-3-5-14(20)6-4-13/h3-10H,2,11-12H2,1H3,(H,21,26). The number of halogens is 1. The van der Waals surface area contributed by atoms with Gasteiger partial charge in [-0.25, -0.2) is 4.79 Å². The van der Waals surface area contributed by atoms with Crippen LogP contribution in [0.2, 0.25) is 5.02 Å². The third-order valence-electron chi connectivity index (χ3n) is 3.64. The van der Waals surface area contributed by atoms with Crippen LogP contribution in [0.25, 0.3) is 11.4 Å². The van der Waals surface area contributed by atoms with Crippen LogP contribution in [0.15, 0.2) is 48.5 Å². The second kappa shape index (κ2) is 9.65. The molecule has 10 heteroatoms. The molecule has 29 heavy (non-hydrogen) atoms. The van der Waals surface area contributed by atoms with Gasteiger partial charge in [0.05, 0.1) is 6.61 Å². The van der Waals surface area contributed by atoms with Crippen molar-refractivity contribution in [3.8, 4) is 17.1 Å². The predicted molar refractivity (Wildman–Crippen MR) is 105 cm³/mol. The van der Waals surface area contributed by atoms with Gasteiger partial charge in [-0.15, -0.1) is 10.2 Å². The van der Waals surface area contributed by atoms with Crippen molar-refractivity contribution in [1.82, 2.24) is 20.2 Å². The van der Waals surface area contributed by atoms with E-state index in [4.69, 9.17) is 21.1 Å². The minimum absolute atomic E-state index is 0.267. The maximum absolute atomic E-state index is 11.9. The molecule has 1 N–H and O–H groups in total. The van der Waals surface area contributed by atoms with Gasteiger partial charge in [0.15, 0.2) is 13.2 Å². The third kappa shape index (κ3) is 6.01. The van der Waals surface area contributed by atoms with E-state index in [0.717, 1.165) is 4.80 Å². The molecule has 1 amide bonds. The minimum Gasteiger partial charge on any atom is -0.494 e. The summed E-state index contributed by atoms with van der Waals surface area (Å²) in [7, 11) is 0. The number of aromatic nitrogens is 4. The number of ether oxygens (including phenoxy) is 2. The number of benzene rings is 2. The molecule has 2 aromatic carbocycles. The highest BCUT2D eigenvalue weighted by atomic mass is 35.5. The van der Waals surface area contributed by atoms with Crippen LogP contribution in [0.1, 0.15) is 6.92 Å². The molecule has 0 unspecified atom stereocenters. The monoisotopic (exact) mass is 415 g/mol. The van der Waals surface area contributed by atoms with Crippen molar-refractivity contribution >= 4 is 29.2 Å². The lowest BCUT2D eigenvalue weighted by Gasteiger charge is -2.07. The minimum atomic E-state index is -0.660. The number of rotatable bonds is 8. The molecule has 0 fully saturated rings. The van der Waals surface area contributed by atoms with Crippen molar-refractivity contribution in [2.75, 3.05) is 18.5 Å². The van der Waals surface area contributed by atoms with Gasteiger partial charge in [0.1, 0.15) is 5.75 Å². The van der Waals surface area contributed by atoms with Crippen LogP contribution in [0.4, 0.5) is 5.69 Å². The Morgan fingerprint density at radius 3 is 2.52 bits per heavy atom. The highest BCUT2D eigenvalue weighted by Crippen LogP contribution is 2.17. The van der Waals surface area contributed by atoms with E-state index in [0.29, 0.717) is 34.5 Å². The van der Waals surface area contributed by atoms with Crippen molar-refractivity contribution in [2.24, 2.45) is 0 Å². The molecule has 0 saturated heterocycles. The summed E-state index contributed by atoms with van der Waals surface area (Å²) in [5, 5.41) is 15.0. The summed E-state index contributed by atoms with van der Waals surface area (Å²) in [6.07, 6.45) is 0. The molecule has 9 nitrogen and oxygen atoms in total. The number of carbonyl (C=O) groups is 2. The molecule has 0 saturated carbocycles. The molecule has 150 valence electrons. The maximum Gasteiger partial charge on any atom is 0.330 e. The Hall–Kier alpha value is -3.46. The lowest BCUT2D eigenvalue weighted by atomic mass is 10.2. The number of esters is 1. The van der Waals surface area contributed by atoms with E-state index in [9.17, 15) is 9.59 Å². The summed E-state index contributed by atoms with van der Waals surface area (Å²) in [6.45, 7) is 1.75. The fourth-order valence-electron chi connectivity index (χ4n) is 2.33. The SMILES string of the molecule is CCOc1ccc(NC(=O)COC(=O)Cn2nnc(-c3ccc(Cl)cc3)n2)cc1. The fraction of sp³-hybridized carbons (Fsp3) is 0.211. The Bertz CT molecular complexity index is 973. The molecule has 0 aliphatic heterocycles. The van der Waals surface area contributed by atoms with E-state index >= 15 is 0 Å². The number of hydrogen-bond acceptors (Lipinski definition) is 7. The summed E-state index contributed by atoms with van der Waals surface area (Å²) in [6, 6.07) is 13.8. The van der Waals surface area contributed by atoms with Gasteiger partial charge in [-0.1, -0.05) is 11.6 Å². The second-order valence-corrected chi connectivity index (χ2v) is 6.25. The van der Waals surface area contributed by atoms with E-state index in [1.165, 1.54) is 0 Å². The molecule has 0 radical (unpaired) electrons. The zero-order chi connectivity index (χ0) is 20.6. The van der Waals surface area contributed by atoms with Gasteiger partial charge in [-0.2, -0.15) is 4.80 Å². The molecule has 0 aliphatic carbocycles. The molecule has 0 atom stereocenters. The summed E-state index contributed by atoms with van der Waals surface area (Å²) in [5.74, 6) is -0.0687. The van der Waals surface area contributed by atoms with Crippen molar-refractivity contribution in [1.29, 1.82) is 0 Å². The van der Waals surface area contributed by atoms with Crippen LogP contribution in [-0.2, 0) is 20.9 Å². The molecule has 0 spiro atoms. The molecule has 0 bridgehead atoms. The van der Waals surface area contributed by atoms with E-state index in [1.54, 1.807) is 48.5 Å². The summed E-state index contributed by atoms with van der Waals surface area (Å²) >= 11 is 5.84. The first kappa shape index (κ1) is 20.3. The Morgan fingerprint density at radius 1 is 1.10 bits per heavy atom. The van der Waals surface area contributed by atoms with Gasteiger partial charge in [0, 0.05) is 16.3 Å². The van der Waals surface area contributed by atoms with Crippen LogP contribution in [-0.4, -0.2) is 45.3 Å². The zero-order valence-corrected chi connectivity index (χ0v) is 16.3. The van der Waals surface area contributed by atoms with Crippen LogP contribution >= 0.6 is 11.6 Å². The van der Waals surface area contributed by atoms with Crippen LogP contribution in [0, 0.1) is 0 Å². The van der Waals surface area contributed by atoms with Gasteiger partial charge in [-0.3, -0.25) is 4.79 Å². The highest BCUT2D eigenvalue weighted by molar-refractivity contribution is 6.30. The summed E-state index contributed by atoms with van der Waals surface area (Å²) < 4.78 is 10.3. The molecule has 1 heterocycles. The van der Waals surface area contributed by atoms with E-state index in [-0.39, 0.29) is 6.54 Å². The first-order valence-corrected chi connectivity index (χ1v) is 9.13. The Labute approximate surface area is 171 Å².